The van der Waals surface area contributed by atoms with Crippen LogP contribution in [0.25, 0.3) is 0 Å². The zero-order valence-electron chi connectivity index (χ0n) is 13.5. The highest BCUT2D eigenvalue weighted by Crippen LogP contribution is 2.08. The third-order valence-electron chi connectivity index (χ3n) is 3.75. The van der Waals surface area contributed by atoms with Gasteiger partial charge in [-0.05, 0) is 36.8 Å². The van der Waals surface area contributed by atoms with Crippen molar-refractivity contribution in [3.63, 3.8) is 0 Å². The monoisotopic (exact) mass is 353 g/mol. The first-order chi connectivity index (χ1) is 10.9. The largest absolute Gasteiger partial charge is 0.327 e. The molecule has 0 aliphatic rings. The fraction of sp³-hybridized carbons (Fsp3) is 0.294. The Morgan fingerprint density at radius 1 is 1.25 bits per heavy atom. The molecule has 1 heterocycles. The number of pyridine rings is 1. The van der Waals surface area contributed by atoms with Crippen molar-refractivity contribution in [2.24, 2.45) is 11.7 Å². The summed E-state index contributed by atoms with van der Waals surface area (Å²) in [6.45, 7) is 3.74. The molecule has 2 rings (SSSR count). The number of halogens is 2. The average molecular weight is 354 g/mol. The normalized spacial score (nSPS) is 12.8. The smallest absolute Gasteiger partial charge is 0.274 e. The molecule has 0 saturated heterocycles. The van der Waals surface area contributed by atoms with Crippen LogP contribution in [0.3, 0.4) is 0 Å². The Labute approximate surface area is 146 Å². The zero-order valence-corrected chi connectivity index (χ0v) is 14.3. The lowest BCUT2D eigenvalue weighted by Crippen LogP contribution is -2.36. The summed E-state index contributed by atoms with van der Waals surface area (Å²) in [5.41, 5.74) is 6.37. The van der Waals surface area contributed by atoms with Crippen LogP contribution >= 0.6 is 12.4 Å². The van der Waals surface area contributed by atoms with Crippen LogP contribution in [0.1, 0.15) is 19.4 Å². The summed E-state index contributed by atoms with van der Waals surface area (Å²) in [7, 11) is 0. The maximum absolute atomic E-state index is 12.9. The molecule has 0 radical (unpaired) electrons. The van der Waals surface area contributed by atoms with Crippen molar-refractivity contribution in [3.05, 3.63) is 64.3 Å². The predicted octanol–water partition coefficient (Wildman–Crippen LogP) is 2.38. The summed E-state index contributed by atoms with van der Waals surface area (Å²) in [5, 5.41) is 2.61. The van der Waals surface area contributed by atoms with Gasteiger partial charge in [0.15, 0.2) is 0 Å². The Morgan fingerprint density at radius 2 is 1.88 bits per heavy atom. The molecule has 0 bridgehead atoms. The van der Waals surface area contributed by atoms with E-state index in [1.165, 1.54) is 16.7 Å². The molecule has 0 spiro atoms. The van der Waals surface area contributed by atoms with E-state index >= 15 is 0 Å². The first kappa shape index (κ1) is 19.9. The van der Waals surface area contributed by atoms with Gasteiger partial charge in [0.2, 0.25) is 5.91 Å². The van der Waals surface area contributed by atoms with Crippen molar-refractivity contribution in [1.82, 2.24) is 4.57 Å². The van der Waals surface area contributed by atoms with Crippen LogP contribution < -0.4 is 16.6 Å². The van der Waals surface area contributed by atoms with Crippen LogP contribution in [0, 0.1) is 11.7 Å². The zero-order chi connectivity index (χ0) is 17.0. The Morgan fingerprint density at radius 3 is 2.46 bits per heavy atom. The standard InChI is InChI=1S/C17H20FN3O2.ClH/c1-11(12(2)19)16(22)20-15-4-3-9-21(17(15)23)10-13-5-7-14(18)8-6-13;/h3-9,11-12H,10,19H2,1-2H3,(H,20,22);1H. The van der Waals surface area contributed by atoms with E-state index in [2.05, 4.69) is 5.32 Å². The number of anilines is 1. The number of hydrogen-bond donors (Lipinski definition) is 2. The van der Waals surface area contributed by atoms with Crippen molar-refractivity contribution in [2.45, 2.75) is 26.4 Å². The van der Waals surface area contributed by atoms with E-state index in [1.54, 1.807) is 44.3 Å². The van der Waals surface area contributed by atoms with Crippen LogP contribution in [0.15, 0.2) is 47.4 Å². The molecule has 5 nitrogen and oxygen atoms in total. The molecule has 2 aromatic rings. The van der Waals surface area contributed by atoms with Crippen LogP contribution in [-0.2, 0) is 11.3 Å². The van der Waals surface area contributed by atoms with Crippen LogP contribution in [0.4, 0.5) is 10.1 Å². The highest BCUT2D eigenvalue weighted by atomic mass is 35.5. The lowest BCUT2D eigenvalue weighted by molar-refractivity contribution is -0.119. The second-order valence-corrected chi connectivity index (χ2v) is 5.62. The van der Waals surface area contributed by atoms with E-state index in [4.69, 9.17) is 5.73 Å². The van der Waals surface area contributed by atoms with Crippen LogP contribution in [0.2, 0.25) is 0 Å². The predicted molar refractivity (Wildman–Crippen MR) is 94.9 cm³/mol. The van der Waals surface area contributed by atoms with Gasteiger partial charge >= 0.3 is 0 Å². The summed E-state index contributed by atoms with van der Waals surface area (Å²) in [4.78, 5) is 24.4. The molecule has 7 heteroatoms. The lowest BCUT2D eigenvalue weighted by atomic mass is 10.0. The molecule has 2 unspecified atom stereocenters. The molecular weight excluding hydrogens is 333 g/mol. The SMILES string of the molecule is CC(N)C(C)C(=O)Nc1cccn(Cc2ccc(F)cc2)c1=O.Cl. The Balaban J connectivity index is 0.00000288. The number of carbonyl (C=O) groups excluding carboxylic acids is 1. The van der Waals surface area contributed by atoms with Crippen molar-refractivity contribution < 1.29 is 9.18 Å². The summed E-state index contributed by atoms with van der Waals surface area (Å²) in [6.07, 6.45) is 1.62. The van der Waals surface area contributed by atoms with Gasteiger partial charge in [0.25, 0.3) is 5.56 Å². The third kappa shape index (κ3) is 4.91. The fourth-order valence-electron chi connectivity index (χ4n) is 2.03. The van der Waals surface area contributed by atoms with Gasteiger partial charge in [0, 0.05) is 12.2 Å². The highest BCUT2D eigenvalue weighted by molar-refractivity contribution is 5.92. The minimum Gasteiger partial charge on any atom is -0.327 e. The van der Waals surface area contributed by atoms with Gasteiger partial charge in [0.05, 0.1) is 12.5 Å². The number of amides is 1. The molecule has 130 valence electrons. The molecule has 0 saturated carbocycles. The van der Waals surface area contributed by atoms with Gasteiger partial charge in [-0.2, -0.15) is 0 Å². The maximum atomic E-state index is 12.9. The molecule has 1 amide bonds. The Hall–Kier alpha value is -2.18. The van der Waals surface area contributed by atoms with Gasteiger partial charge in [-0.15, -0.1) is 12.4 Å². The minimum absolute atomic E-state index is 0. The number of rotatable bonds is 5. The van der Waals surface area contributed by atoms with Gasteiger partial charge in [-0.3, -0.25) is 9.59 Å². The molecular formula is C17H21ClFN3O2. The second kappa shape index (κ2) is 8.61. The van der Waals surface area contributed by atoms with E-state index in [1.807, 2.05) is 0 Å². The molecule has 1 aromatic heterocycles. The first-order valence-electron chi connectivity index (χ1n) is 7.39. The van der Waals surface area contributed by atoms with E-state index < -0.39 is 5.92 Å². The summed E-state index contributed by atoms with van der Waals surface area (Å²) < 4.78 is 14.4. The number of carbonyl (C=O) groups is 1. The van der Waals surface area contributed by atoms with Crippen molar-refractivity contribution in [2.75, 3.05) is 5.32 Å². The number of aromatic nitrogens is 1. The minimum atomic E-state index is -0.403. The average Bonchev–Trinajstić information content (AvgIpc) is 2.52. The van der Waals surface area contributed by atoms with Crippen molar-refractivity contribution in [3.8, 4) is 0 Å². The molecule has 3 N–H and O–H groups in total. The fourth-order valence-corrected chi connectivity index (χ4v) is 2.03. The molecule has 0 aliphatic carbocycles. The van der Waals surface area contributed by atoms with Gasteiger partial charge in [0.1, 0.15) is 11.5 Å². The van der Waals surface area contributed by atoms with E-state index in [9.17, 15) is 14.0 Å². The number of nitrogens with two attached hydrogens (primary N) is 1. The van der Waals surface area contributed by atoms with Gasteiger partial charge < -0.3 is 15.6 Å². The Kier molecular flexibility index (Phi) is 7.13. The molecule has 0 aliphatic heterocycles. The highest BCUT2D eigenvalue weighted by Gasteiger charge is 2.18. The van der Waals surface area contributed by atoms with Gasteiger partial charge in [-0.1, -0.05) is 19.1 Å². The Bertz CT molecular complexity index is 744. The number of hydrogen-bond acceptors (Lipinski definition) is 3. The van der Waals surface area contributed by atoms with Crippen molar-refractivity contribution in [1.29, 1.82) is 0 Å². The number of nitrogens with zero attached hydrogens (tertiary/aromatic N) is 1. The number of nitrogens with one attached hydrogen (secondary N) is 1. The van der Waals surface area contributed by atoms with E-state index in [0.29, 0.717) is 6.54 Å². The topological polar surface area (TPSA) is 77.1 Å². The maximum Gasteiger partial charge on any atom is 0.274 e. The summed E-state index contributed by atoms with van der Waals surface area (Å²) >= 11 is 0. The molecule has 24 heavy (non-hydrogen) atoms. The molecule has 0 fully saturated rings. The van der Waals surface area contributed by atoms with Crippen LogP contribution in [0.5, 0.6) is 0 Å². The van der Waals surface area contributed by atoms with Crippen molar-refractivity contribution >= 4 is 24.0 Å². The quantitative estimate of drug-likeness (QED) is 0.866. The van der Waals surface area contributed by atoms with E-state index in [0.717, 1.165) is 5.56 Å². The number of benzene rings is 1. The first-order valence-corrected chi connectivity index (χ1v) is 7.39. The summed E-state index contributed by atoms with van der Waals surface area (Å²) in [6, 6.07) is 8.84. The molecule has 2 atom stereocenters. The van der Waals surface area contributed by atoms with E-state index in [-0.39, 0.29) is 41.4 Å². The lowest BCUT2D eigenvalue weighted by Gasteiger charge is -2.15. The molecule has 1 aromatic carbocycles. The van der Waals surface area contributed by atoms with Gasteiger partial charge in [-0.25, -0.2) is 4.39 Å². The third-order valence-corrected chi connectivity index (χ3v) is 3.75. The summed E-state index contributed by atoms with van der Waals surface area (Å²) in [5.74, 6) is -1.02. The second-order valence-electron chi connectivity index (χ2n) is 5.62. The van der Waals surface area contributed by atoms with Crippen LogP contribution in [-0.4, -0.2) is 16.5 Å².